The largest absolute Gasteiger partial charge is 0.0564 e. The van der Waals surface area contributed by atoms with Crippen LogP contribution in [0, 0.1) is 69.2 Å². The van der Waals surface area contributed by atoms with Crippen LogP contribution in [0.15, 0.2) is 91.0 Å². The van der Waals surface area contributed by atoms with Gasteiger partial charge in [-0.3, -0.25) is 0 Å². The third-order valence-corrected chi connectivity index (χ3v) is 9.03. The molecule has 0 atom stereocenters. The summed E-state index contributed by atoms with van der Waals surface area (Å²) in [7, 11) is 0. The highest BCUT2D eigenvalue weighted by Crippen LogP contribution is 2.59. The van der Waals surface area contributed by atoms with Crippen molar-refractivity contribution in [2.75, 3.05) is 0 Å². The molecule has 0 aliphatic heterocycles. The Bertz CT molecular complexity index is 1820. The minimum absolute atomic E-state index is 0.0673. The average molecular weight is 587 g/mol. The van der Waals surface area contributed by atoms with Gasteiger partial charge in [0.2, 0.25) is 0 Å². The van der Waals surface area contributed by atoms with E-state index in [1.54, 1.807) is 0 Å². The number of hydrogen-bond acceptors (Lipinski definition) is 0. The van der Waals surface area contributed by atoms with Gasteiger partial charge in [0.1, 0.15) is 0 Å². The molecule has 0 amide bonds. The fourth-order valence-electron chi connectivity index (χ4n) is 7.93. The van der Waals surface area contributed by atoms with Crippen molar-refractivity contribution in [2.45, 2.75) is 75.2 Å². The van der Waals surface area contributed by atoms with Crippen LogP contribution >= 0.6 is 0 Å². The predicted octanol–water partition coefficient (Wildman–Crippen LogP) is 12.1. The second-order valence-corrected chi connectivity index (χ2v) is 13.9. The highest BCUT2D eigenvalue weighted by molar-refractivity contribution is 6.30. The molecule has 0 saturated carbocycles. The van der Waals surface area contributed by atoms with E-state index >= 15 is 0 Å². The van der Waals surface area contributed by atoms with Gasteiger partial charge in [0.15, 0.2) is 0 Å². The van der Waals surface area contributed by atoms with Crippen molar-refractivity contribution in [3.63, 3.8) is 0 Å². The Morgan fingerprint density at radius 2 is 0.489 bits per heavy atom. The number of rotatable bonds is 5. The molecule has 5 aromatic rings. The average Bonchev–Trinajstić information content (AvgIpc) is 3.27. The fourth-order valence-corrected chi connectivity index (χ4v) is 7.93. The highest BCUT2D eigenvalue weighted by Gasteiger charge is 2.38. The van der Waals surface area contributed by atoms with Gasteiger partial charge in [-0.15, -0.1) is 0 Å². The molecule has 0 nitrogen and oxygen atoms in total. The molecule has 0 radical (unpaired) electrons. The van der Waals surface area contributed by atoms with Crippen molar-refractivity contribution >= 4 is 22.3 Å². The van der Waals surface area contributed by atoms with Gasteiger partial charge in [-0.25, -0.2) is 0 Å². The lowest BCUT2D eigenvalue weighted by atomic mass is 9.79. The van der Waals surface area contributed by atoms with Gasteiger partial charge < -0.3 is 0 Å². The topological polar surface area (TPSA) is 0 Å². The highest BCUT2D eigenvalue weighted by atomic mass is 14.4. The molecule has 0 bridgehead atoms. The summed E-state index contributed by atoms with van der Waals surface area (Å²) in [6, 6.07) is 35.6. The lowest BCUT2D eigenvalue weighted by molar-refractivity contribution is 1.12. The lowest BCUT2D eigenvalue weighted by Crippen LogP contribution is -2.05. The van der Waals surface area contributed by atoms with E-state index in [4.69, 9.17) is 0 Å². The first-order chi connectivity index (χ1) is 21.4. The standard InChI is InChI=1S/C45H46/c1-26-11-27(2)17-36(16-26)41-42(37-18-28(3)12-29(4)19-37)44(39-22-32(7)14-33(8)23-39)45(40-24-34(9)15-35(10)25-40)43(41)38-20-30(5)13-31(6)21-38/h11-25,41H,1-10H3. The van der Waals surface area contributed by atoms with Crippen LogP contribution in [0.1, 0.15) is 89.4 Å². The summed E-state index contributed by atoms with van der Waals surface area (Å²) in [6.45, 7) is 22.3. The van der Waals surface area contributed by atoms with Gasteiger partial charge in [0.25, 0.3) is 0 Å². The van der Waals surface area contributed by atoms with Crippen LogP contribution in [-0.4, -0.2) is 0 Å². The Kier molecular flexibility index (Phi) is 8.04. The number of benzene rings is 5. The van der Waals surface area contributed by atoms with Crippen molar-refractivity contribution in [1.82, 2.24) is 0 Å². The van der Waals surface area contributed by atoms with Crippen LogP contribution in [0.4, 0.5) is 0 Å². The minimum atomic E-state index is 0.0673. The molecule has 0 fully saturated rings. The van der Waals surface area contributed by atoms with Gasteiger partial charge >= 0.3 is 0 Å². The molecule has 45 heavy (non-hydrogen) atoms. The van der Waals surface area contributed by atoms with Gasteiger partial charge in [-0.2, -0.15) is 0 Å². The Labute approximate surface area is 271 Å². The first kappa shape index (κ1) is 30.6. The Hall–Kier alpha value is -4.42. The zero-order valence-electron chi connectivity index (χ0n) is 28.7. The first-order valence-electron chi connectivity index (χ1n) is 16.3. The Balaban J connectivity index is 1.88. The number of allylic oxidation sites excluding steroid dienone is 4. The molecule has 226 valence electrons. The normalized spacial score (nSPS) is 13.7. The summed E-state index contributed by atoms with van der Waals surface area (Å²) in [4.78, 5) is 0. The van der Waals surface area contributed by atoms with Crippen LogP contribution in [0.5, 0.6) is 0 Å². The SMILES string of the molecule is Cc1cc(C)cc(C2=C(c3cc(C)cc(C)c3)C(c3cc(C)cc(C)c3)C(c3cc(C)cc(C)c3)=C2c2cc(C)cc(C)c2)c1. The summed E-state index contributed by atoms with van der Waals surface area (Å²) in [5.41, 5.74) is 25.0. The zero-order chi connectivity index (χ0) is 32.2. The third kappa shape index (κ3) is 6.12. The molecule has 0 saturated heterocycles. The van der Waals surface area contributed by atoms with Crippen LogP contribution < -0.4 is 0 Å². The van der Waals surface area contributed by atoms with Crippen molar-refractivity contribution < 1.29 is 0 Å². The molecular formula is C45H46. The molecular weight excluding hydrogens is 540 g/mol. The smallest absolute Gasteiger partial charge is 0.0364 e. The summed E-state index contributed by atoms with van der Waals surface area (Å²) >= 11 is 0. The van der Waals surface area contributed by atoms with E-state index in [0.29, 0.717) is 0 Å². The van der Waals surface area contributed by atoms with E-state index in [0.717, 1.165) is 0 Å². The second kappa shape index (κ2) is 11.8. The van der Waals surface area contributed by atoms with Crippen LogP contribution in [-0.2, 0) is 0 Å². The van der Waals surface area contributed by atoms with Gasteiger partial charge in [0, 0.05) is 5.92 Å². The predicted molar refractivity (Wildman–Crippen MR) is 196 cm³/mol. The van der Waals surface area contributed by atoms with Crippen molar-refractivity contribution in [3.05, 3.63) is 174 Å². The van der Waals surface area contributed by atoms with E-state index in [2.05, 4.69) is 160 Å². The first-order valence-corrected chi connectivity index (χ1v) is 16.3. The fraction of sp³-hybridized carbons (Fsp3) is 0.244. The summed E-state index contributed by atoms with van der Waals surface area (Å²) in [5.74, 6) is 0.0673. The second-order valence-electron chi connectivity index (χ2n) is 13.9. The molecule has 1 aliphatic rings. The Morgan fingerprint density at radius 3 is 0.756 bits per heavy atom. The monoisotopic (exact) mass is 586 g/mol. The van der Waals surface area contributed by atoms with Crippen LogP contribution in [0.25, 0.3) is 22.3 Å². The van der Waals surface area contributed by atoms with Gasteiger partial charge in [0.05, 0.1) is 0 Å². The lowest BCUT2D eigenvalue weighted by Gasteiger charge is -2.24. The number of hydrogen-bond donors (Lipinski definition) is 0. The van der Waals surface area contributed by atoms with Crippen LogP contribution in [0.2, 0.25) is 0 Å². The molecule has 0 spiro atoms. The van der Waals surface area contributed by atoms with E-state index in [1.165, 1.54) is 106 Å². The zero-order valence-corrected chi connectivity index (χ0v) is 28.7. The molecule has 0 heterocycles. The molecule has 0 N–H and O–H groups in total. The van der Waals surface area contributed by atoms with Crippen molar-refractivity contribution in [3.8, 4) is 0 Å². The van der Waals surface area contributed by atoms with E-state index < -0.39 is 0 Å². The van der Waals surface area contributed by atoms with Crippen molar-refractivity contribution in [1.29, 1.82) is 0 Å². The van der Waals surface area contributed by atoms with Crippen LogP contribution in [0.3, 0.4) is 0 Å². The maximum Gasteiger partial charge on any atom is 0.0364 e. The number of aryl methyl sites for hydroxylation is 10. The third-order valence-electron chi connectivity index (χ3n) is 9.03. The van der Waals surface area contributed by atoms with E-state index in [1.807, 2.05) is 0 Å². The summed E-state index contributed by atoms with van der Waals surface area (Å²) in [5, 5.41) is 0. The molecule has 0 aromatic heterocycles. The van der Waals surface area contributed by atoms with Gasteiger partial charge in [-0.1, -0.05) is 147 Å². The summed E-state index contributed by atoms with van der Waals surface area (Å²) in [6.07, 6.45) is 0. The molecule has 1 aliphatic carbocycles. The van der Waals surface area contributed by atoms with E-state index in [9.17, 15) is 0 Å². The quantitative estimate of drug-likeness (QED) is 0.192. The molecule has 0 heteroatoms. The van der Waals surface area contributed by atoms with Crippen molar-refractivity contribution in [2.24, 2.45) is 0 Å². The maximum absolute atomic E-state index is 2.42. The molecule has 5 aromatic carbocycles. The molecule has 0 unspecified atom stereocenters. The maximum atomic E-state index is 2.42. The minimum Gasteiger partial charge on any atom is -0.0564 e. The molecule has 6 rings (SSSR count). The summed E-state index contributed by atoms with van der Waals surface area (Å²) < 4.78 is 0. The Morgan fingerprint density at radius 1 is 0.267 bits per heavy atom. The van der Waals surface area contributed by atoms with Gasteiger partial charge in [-0.05, 0) is 119 Å². The van der Waals surface area contributed by atoms with E-state index in [-0.39, 0.29) is 5.92 Å².